The fraction of sp³-hybridized carbons (Fsp3) is 0.200. The Bertz CT molecular complexity index is 868. The molecule has 3 rings (SSSR count). The van der Waals surface area contributed by atoms with E-state index in [1.54, 1.807) is 12.1 Å². The molecule has 20 heavy (non-hydrogen) atoms. The predicted molar refractivity (Wildman–Crippen MR) is 79.5 cm³/mol. The molecule has 2 heterocycles. The van der Waals surface area contributed by atoms with Crippen molar-refractivity contribution >= 4 is 27.9 Å². The van der Waals surface area contributed by atoms with E-state index >= 15 is 0 Å². The van der Waals surface area contributed by atoms with Gasteiger partial charge in [0, 0.05) is 12.1 Å². The van der Waals surface area contributed by atoms with Gasteiger partial charge >= 0.3 is 0 Å². The molecule has 0 atom stereocenters. The quantitative estimate of drug-likeness (QED) is 0.693. The lowest BCUT2D eigenvalue weighted by molar-refractivity contribution is 0.645. The van der Waals surface area contributed by atoms with E-state index in [4.69, 9.17) is 15.9 Å². The van der Waals surface area contributed by atoms with Crippen LogP contribution in [-0.4, -0.2) is 4.98 Å². The number of pyridine rings is 1. The fourth-order valence-corrected chi connectivity index (χ4v) is 2.27. The van der Waals surface area contributed by atoms with Gasteiger partial charge in [0.25, 0.3) is 0 Å². The van der Waals surface area contributed by atoms with Gasteiger partial charge in [-0.3, -0.25) is 4.79 Å². The molecule has 0 aliphatic carbocycles. The van der Waals surface area contributed by atoms with Gasteiger partial charge in [-0.25, -0.2) is 0 Å². The summed E-state index contributed by atoms with van der Waals surface area (Å²) in [6.45, 7) is 2.28. The van der Waals surface area contributed by atoms with Gasteiger partial charge in [-0.2, -0.15) is 4.98 Å². The van der Waals surface area contributed by atoms with E-state index in [1.807, 2.05) is 19.1 Å². The van der Waals surface area contributed by atoms with E-state index in [2.05, 4.69) is 4.98 Å². The van der Waals surface area contributed by atoms with Crippen molar-refractivity contribution in [3.8, 4) is 0 Å². The minimum Gasteiger partial charge on any atom is -0.437 e. The van der Waals surface area contributed by atoms with E-state index in [9.17, 15) is 4.79 Å². The number of hydrogen-bond acceptors (Lipinski definition) is 5. The normalized spacial score (nSPS) is 11.3. The van der Waals surface area contributed by atoms with Crippen LogP contribution < -0.4 is 16.9 Å². The second-order valence-corrected chi connectivity index (χ2v) is 4.70. The van der Waals surface area contributed by atoms with Crippen molar-refractivity contribution < 1.29 is 4.42 Å². The third-order valence-corrected chi connectivity index (χ3v) is 3.47. The highest BCUT2D eigenvalue weighted by Crippen LogP contribution is 2.21. The SMILES string of the molecule is CCc1ccc2oc3nc(N)c(CN)cc3c(=O)c2c1. The Morgan fingerprint density at radius 1 is 1.25 bits per heavy atom. The third-order valence-electron chi connectivity index (χ3n) is 3.47. The molecule has 0 spiro atoms. The Morgan fingerprint density at radius 3 is 2.75 bits per heavy atom. The zero-order chi connectivity index (χ0) is 14.3. The Kier molecular flexibility index (Phi) is 2.91. The molecule has 0 aliphatic rings. The van der Waals surface area contributed by atoms with Crippen LogP contribution in [0, 0.1) is 0 Å². The van der Waals surface area contributed by atoms with Gasteiger partial charge < -0.3 is 15.9 Å². The van der Waals surface area contributed by atoms with Crippen LogP contribution in [0.15, 0.2) is 33.5 Å². The van der Waals surface area contributed by atoms with Gasteiger partial charge in [0.2, 0.25) is 11.1 Å². The van der Waals surface area contributed by atoms with E-state index in [0.29, 0.717) is 27.7 Å². The van der Waals surface area contributed by atoms with Crippen molar-refractivity contribution in [3.63, 3.8) is 0 Å². The Hall–Kier alpha value is -2.40. The monoisotopic (exact) mass is 269 g/mol. The summed E-state index contributed by atoms with van der Waals surface area (Å²) in [5.74, 6) is 0.299. The first-order valence-electron chi connectivity index (χ1n) is 6.49. The highest BCUT2D eigenvalue weighted by Gasteiger charge is 2.12. The van der Waals surface area contributed by atoms with Gasteiger partial charge in [0.05, 0.1) is 10.8 Å². The Morgan fingerprint density at radius 2 is 2.05 bits per heavy atom. The number of aryl methyl sites for hydroxylation is 1. The summed E-state index contributed by atoms with van der Waals surface area (Å²) in [6, 6.07) is 7.26. The van der Waals surface area contributed by atoms with Crippen molar-refractivity contribution in [3.05, 3.63) is 45.6 Å². The number of fused-ring (bicyclic) bond motifs is 2. The highest BCUT2D eigenvalue weighted by atomic mass is 16.3. The van der Waals surface area contributed by atoms with E-state index in [1.165, 1.54) is 0 Å². The molecule has 0 unspecified atom stereocenters. The zero-order valence-electron chi connectivity index (χ0n) is 11.1. The molecule has 0 amide bonds. The van der Waals surface area contributed by atoms with Crippen LogP contribution >= 0.6 is 0 Å². The van der Waals surface area contributed by atoms with Crippen molar-refractivity contribution in [1.82, 2.24) is 4.98 Å². The van der Waals surface area contributed by atoms with Crippen LogP contribution in [0.25, 0.3) is 22.1 Å². The number of nitrogens with two attached hydrogens (primary N) is 2. The minimum absolute atomic E-state index is 0.0984. The maximum Gasteiger partial charge on any atom is 0.232 e. The first-order valence-corrected chi connectivity index (χ1v) is 6.49. The molecule has 5 nitrogen and oxygen atoms in total. The summed E-state index contributed by atoms with van der Waals surface area (Å²) in [6.07, 6.45) is 0.863. The van der Waals surface area contributed by atoms with Crippen LogP contribution in [0.3, 0.4) is 0 Å². The lowest BCUT2D eigenvalue weighted by Gasteiger charge is -2.06. The fourth-order valence-electron chi connectivity index (χ4n) is 2.27. The van der Waals surface area contributed by atoms with Gasteiger partial charge in [-0.05, 0) is 30.2 Å². The van der Waals surface area contributed by atoms with Crippen LogP contribution in [0.2, 0.25) is 0 Å². The van der Waals surface area contributed by atoms with Crippen LogP contribution in [-0.2, 0) is 13.0 Å². The molecular formula is C15H15N3O2. The Balaban J connectivity index is 2.45. The molecule has 0 bridgehead atoms. The van der Waals surface area contributed by atoms with Crippen molar-refractivity contribution in [1.29, 1.82) is 0 Å². The zero-order valence-corrected chi connectivity index (χ0v) is 11.1. The molecule has 0 fully saturated rings. The van der Waals surface area contributed by atoms with Gasteiger partial charge in [-0.1, -0.05) is 13.0 Å². The third kappa shape index (κ3) is 1.83. The van der Waals surface area contributed by atoms with Gasteiger partial charge in [0.15, 0.2) is 0 Å². The van der Waals surface area contributed by atoms with Crippen molar-refractivity contribution in [2.45, 2.75) is 19.9 Å². The van der Waals surface area contributed by atoms with Crippen molar-refractivity contribution in [2.75, 3.05) is 5.73 Å². The minimum atomic E-state index is -0.0984. The lowest BCUT2D eigenvalue weighted by Crippen LogP contribution is -2.09. The molecule has 4 N–H and O–H groups in total. The number of aromatic nitrogens is 1. The predicted octanol–water partition coefficient (Wildman–Crippen LogP) is 1.94. The number of nitrogen functional groups attached to an aromatic ring is 1. The summed E-state index contributed by atoms with van der Waals surface area (Å²) in [5.41, 5.74) is 13.8. The summed E-state index contributed by atoms with van der Waals surface area (Å²) in [5, 5.41) is 0.979. The molecule has 2 aromatic heterocycles. The standard InChI is InChI=1S/C15H15N3O2/c1-2-8-3-4-12-10(5-8)13(19)11-6-9(7-16)14(17)18-15(11)20-12/h3-6H,2,7,16H2,1H3,(H2,17,18). The smallest absolute Gasteiger partial charge is 0.232 e. The number of hydrogen-bond donors (Lipinski definition) is 2. The van der Waals surface area contributed by atoms with Gasteiger partial charge in [0.1, 0.15) is 11.4 Å². The number of nitrogens with zero attached hydrogens (tertiary/aromatic N) is 1. The second kappa shape index (κ2) is 4.61. The number of anilines is 1. The lowest BCUT2D eigenvalue weighted by atomic mass is 10.1. The van der Waals surface area contributed by atoms with E-state index < -0.39 is 0 Å². The second-order valence-electron chi connectivity index (χ2n) is 4.70. The topological polar surface area (TPSA) is 95.1 Å². The van der Waals surface area contributed by atoms with Crippen molar-refractivity contribution in [2.24, 2.45) is 5.73 Å². The first-order chi connectivity index (χ1) is 9.63. The maximum atomic E-state index is 12.6. The number of rotatable bonds is 2. The summed E-state index contributed by atoms with van der Waals surface area (Å²) >= 11 is 0. The summed E-state index contributed by atoms with van der Waals surface area (Å²) in [4.78, 5) is 16.7. The number of benzene rings is 1. The largest absolute Gasteiger partial charge is 0.437 e. The summed E-state index contributed by atoms with van der Waals surface area (Å²) < 4.78 is 5.67. The molecule has 1 aromatic carbocycles. The van der Waals surface area contributed by atoms with E-state index in [-0.39, 0.29) is 17.7 Å². The molecule has 0 radical (unpaired) electrons. The Labute approximate surface area is 115 Å². The molecule has 0 aliphatic heterocycles. The highest BCUT2D eigenvalue weighted by molar-refractivity contribution is 5.89. The average molecular weight is 269 g/mol. The first kappa shape index (κ1) is 12.6. The van der Waals surface area contributed by atoms with Crippen LogP contribution in [0.1, 0.15) is 18.1 Å². The molecule has 102 valence electrons. The molecule has 0 saturated carbocycles. The summed E-state index contributed by atoms with van der Waals surface area (Å²) in [7, 11) is 0. The average Bonchev–Trinajstić information content (AvgIpc) is 2.46. The molecular weight excluding hydrogens is 254 g/mol. The van der Waals surface area contributed by atoms with Gasteiger partial charge in [-0.15, -0.1) is 0 Å². The van der Waals surface area contributed by atoms with Crippen LogP contribution in [0.5, 0.6) is 0 Å². The van der Waals surface area contributed by atoms with E-state index in [0.717, 1.165) is 12.0 Å². The van der Waals surface area contributed by atoms with Crippen LogP contribution in [0.4, 0.5) is 5.82 Å². The maximum absolute atomic E-state index is 12.6. The molecule has 3 aromatic rings. The molecule has 0 saturated heterocycles. The molecule has 5 heteroatoms.